The van der Waals surface area contributed by atoms with Gasteiger partial charge in [-0.15, -0.1) is 0 Å². The quantitative estimate of drug-likeness (QED) is 0.862. The zero-order chi connectivity index (χ0) is 14.2. The van der Waals surface area contributed by atoms with Gasteiger partial charge in [0.15, 0.2) is 9.84 Å². The number of anilines is 1. The number of hydrogen-bond donors (Lipinski definition) is 2. The molecule has 1 aliphatic rings. The van der Waals surface area contributed by atoms with Gasteiger partial charge in [0.25, 0.3) is 0 Å². The third-order valence-electron chi connectivity index (χ3n) is 2.81. The molecule has 6 nitrogen and oxygen atoms in total. The van der Waals surface area contributed by atoms with Crippen molar-refractivity contribution in [1.82, 2.24) is 4.98 Å². The molecule has 0 spiro atoms. The molecule has 2 N–H and O–H groups in total. The van der Waals surface area contributed by atoms with Crippen LogP contribution in [-0.2, 0) is 9.84 Å². The second kappa shape index (κ2) is 4.65. The normalized spacial score (nSPS) is 20.4. The molecule has 0 amide bonds. The lowest BCUT2D eigenvalue weighted by molar-refractivity contribution is 0.0697. The summed E-state index contributed by atoms with van der Waals surface area (Å²) in [6, 6.07) is 1.23. The number of carbonyl (C=O) groups is 1. The Bertz CT molecular complexity index is 665. The average molecular weight is 282 g/mol. The third kappa shape index (κ3) is 2.93. The molecule has 0 saturated heterocycles. The van der Waals surface area contributed by atoms with Gasteiger partial charge in [-0.1, -0.05) is 0 Å². The maximum atomic E-state index is 11.3. The van der Waals surface area contributed by atoms with Gasteiger partial charge in [0.1, 0.15) is 11.4 Å². The van der Waals surface area contributed by atoms with Crippen LogP contribution in [0.5, 0.6) is 0 Å². The second-order valence-electron chi connectivity index (χ2n) is 4.52. The summed E-state index contributed by atoms with van der Waals surface area (Å²) in [5.41, 5.74) is 1.34. The van der Waals surface area contributed by atoms with Gasteiger partial charge in [-0.3, -0.25) is 0 Å². The van der Waals surface area contributed by atoms with E-state index in [1.807, 2.05) is 0 Å². The molecule has 1 atom stereocenters. The molecule has 19 heavy (non-hydrogen) atoms. The number of sulfone groups is 1. The number of nitrogens with zero attached hydrogens (tertiary/aromatic N) is 1. The summed E-state index contributed by atoms with van der Waals surface area (Å²) in [4.78, 5) is 15.4. The summed E-state index contributed by atoms with van der Waals surface area (Å²) in [6.45, 7) is 3.44. The molecule has 102 valence electrons. The molecule has 7 heteroatoms. The van der Waals surface area contributed by atoms with Crippen molar-refractivity contribution in [1.29, 1.82) is 0 Å². The Hall–Kier alpha value is -1.89. The molecule has 2 rings (SSSR count). The highest BCUT2D eigenvalue weighted by molar-refractivity contribution is 7.94. The Morgan fingerprint density at radius 1 is 1.47 bits per heavy atom. The second-order valence-corrected chi connectivity index (χ2v) is 6.45. The van der Waals surface area contributed by atoms with E-state index in [0.29, 0.717) is 11.3 Å². The summed E-state index contributed by atoms with van der Waals surface area (Å²) >= 11 is 0. The van der Waals surface area contributed by atoms with Crippen LogP contribution in [-0.4, -0.2) is 36.3 Å². The van der Waals surface area contributed by atoms with Crippen molar-refractivity contribution in [2.24, 2.45) is 0 Å². The van der Waals surface area contributed by atoms with Gasteiger partial charge in [0.2, 0.25) is 0 Å². The van der Waals surface area contributed by atoms with E-state index in [9.17, 15) is 18.3 Å². The van der Waals surface area contributed by atoms with Crippen molar-refractivity contribution in [2.75, 3.05) is 11.1 Å². The van der Waals surface area contributed by atoms with Gasteiger partial charge < -0.3 is 10.4 Å². The number of carboxylic acids is 1. The third-order valence-corrected chi connectivity index (χ3v) is 4.21. The highest BCUT2D eigenvalue weighted by Crippen LogP contribution is 2.21. The van der Waals surface area contributed by atoms with Crippen LogP contribution in [0.3, 0.4) is 0 Å². The van der Waals surface area contributed by atoms with Crippen molar-refractivity contribution in [2.45, 2.75) is 19.9 Å². The van der Waals surface area contributed by atoms with Gasteiger partial charge >= 0.3 is 5.97 Å². The van der Waals surface area contributed by atoms with Crippen molar-refractivity contribution in [3.05, 3.63) is 34.4 Å². The lowest BCUT2D eigenvalue weighted by Gasteiger charge is -2.15. The number of rotatable bonds is 3. The summed E-state index contributed by atoms with van der Waals surface area (Å²) < 4.78 is 22.6. The number of aromatic carboxylic acids is 1. The zero-order valence-corrected chi connectivity index (χ0v) is 11.4. The van der Waals surface area contributed by atoms with E-state index in [1.165, 1.54) is 6.08 Å². The number of nitrogens with one attached hydrogen (secondary N) is 1. The van der Waals surface area contributed by atoms with Gasteiger partial charge in [0, 0.05) is 11.1 Å². The van der Waals surface area contributed by atoms with Crippen LogP contribution in [0, 0.1) is 13.8 Å². The molecule has 1 unspecified atom stereocenters. The highest BCUT2D eigenvalue weighted by atomic mass is 32.2. The number of aromatic nitrogens is 1. The standard InChI is InChI=1S/C12H14N2O4S/c1-7-5-8(2)13-11(10(7)12(15)16)14-9-3-4-19(17,18)6-9/h3-5,9H,6H2,1-2H3,(H,13,14)(H,15,16). The fourth-order valence-corrected chi connectivity index (χ4v) is 3.29. The van der Waals surface area contributed by atoms with Gasteiger partial charge in [-0.05, 0) is 31.6 Å². The van der Waals surface area contributed by atoms with Crippen LogP contribution in [0.4, 0.5) is 5.82 Å². The Labute approximate surface area is 111 Å². The van der Waals surface area contributed by atoms with Crippen LogP contribution >= 0.6 is 0 Å². The van der Waals surface area contributed by atoms with E-state index in [4.69, 9.17) is 0 Å². The topological polar surface area (TPSA) is 96.4 Å². The first-order valence-corrected chi connectivity index (χ1v) is 7.39. The molecule has 0 radical (unpaired) electrons. The van der Waals surface area contributed by atoms with Crippen LogP contribution in [0.15, 0.2) is 17.6 Å². The van der Waals surface area contributed by atoms with Crippen LogP contribution in [0.2, 0.25) is 0 Å². The Morgan fingerprint density at radius 3 is 2.68 bits per heavy atom. The van der Waals surface area contributed by atoms with Crippen molar-refractivity contribution < 1.29 is 18.3 Å². The number of pyridine rings is 1. The summed E-state index contributed by atoms with van der Waals surface area (Å²) in [7, 11) is -3.19. The SMILES string of the molecule is Cc1cc(C)c(C(=O)O)c(NC2C=CS(=O)(=O)C2)n1. The maximum absolute atomic E-state index is 11.3. The monoisotopic (exact) mass is 282 g/mol. The van der Waals surface area contributed by atoms with Crippen LogP contribution in [0.1, 0.15) is 21.6 Å². The van der Waals surface area contributed by atoms with Crippen molar-refractivity contribution >= 4 is 21.6 Å². The summed E-state index contributed by atoms with van der Waals surface area (Å²) in [5.74, 6) is -0.963. The zero-order valence-electron chi connectivity index (χ0n) is 10.5. The van der Waals surface area contributed by atoms with E-state index in [1.54, 1.807) is 19.9 Å². The Kier molecular flexibility index (Phi) is 3.32. The molecule has 2 heterocycles. The first kappa shape index (κ1) is 13.5. The predicted molar refractivity (Wildman–Crippen MR) is 71.0 cm³/mol. The molecular weight excluding hydrogens is 268 g/mol. The van der Waals surface area contributed by atoms with Crippen molar-refractivity contribution in [3.8, 4) is 0 Å². The Balaban J connectivity index is 2.35. The highest BCUT2D eigenvalue weighted by Gasteiger charge is 2.24. The Morgan fingerprint density at radius 2 is 2.16 bits per heavy atom. The molecule has 1 aromatic heterocycles. The lowest BCUT2D eigenvalue weighted by atomic mass is 10.1. The minimum absolute atomic E-state index is 0.0725. The summed E-state index contributed by atoms with van der Waals surface area (Å²) in [5, 5.41) is 13.2. The number of hydrogen-bond acceptors (Lipinski definition) is 5. The molecule has 0 saturated carbocycles. The molecule has 1 aliphatic heterocycles. The molecule has 0 aliphatic carbocycles. The molecule has 0 bridgehead atoms. The van der Waals surface area contributed by atoms with Gasteiger partial charge in [0.05, 0.1) is 11.8 Å². The number of aryl methyl sites for hydroxylation is 2. The molecule has 0 fully saturated rings. The van der Waals surface area contributed by atoms with E-state index < -0.39 is 21.8 Å². The van der Waals surface area contributed by atoms with E-state index in [2.05, 4.69) is 10.3 Å². The van der Waals surface area contributed by atoms with E-state index in [-0.39, 0.29) is 17.1 Å². The van der Waals surface area contributed by atoms with E-state index in [0.717, 1.165) is 5.41 Å². The van der Waals surface area contributed by atoms with Crippen LogP contribution in [0.25, 0.3) is 0 Å². The first-order valence-electron chi connectivity index (χ1n) is 5.67. The molecular formula is C12H14N2O4S. The van der Waals surface area contributed by atoms with Crippen molar-refractivity contribution in [3.63, 3.8) is 0 Å². The maximum Gasteiger partial charge on any atom is 0.339 e. The first-order chi connectivity index (χ1) is 8.78. The van der Waals surface area contributed by atoms with E-state index >= 15 is 0 Å². The average Bonchev–Trinajstić information content (AvgIpc) is 2.56. The fourth-order valence-electron chi connectivity index (χ4n) is 2.05. The summed E-state index contributed by atoms with van der Waals surface area (Å²) in [6.07, 6.45) is 1.50. The van der Waals surface area contributed by atoms with Gasteiger partial charge in [-0.25, -0.2) is 18.2 Å². The molecule has 1 aromatic rings. The fraction of sp³-hybridized carbons (Fsp3) is 0.333. The number of carboxylic acid groups (broad SMARTS) is 1. The minimum atomic E-state index is -3.19. The van der Waals surface area contributed by atoms with Crippen LogP contribution < -0.4 is 5.32 Å². The largest absolute Gasteiger partial charge is 0.478 e. The predicted octanol–water partition coefficient (Wildman–Crippen LogP) is 1.12. The van der Waals surface area contributed by atoms with Gasteiger partial charge in [-0.2, -0.15) is 0 Å². The smallest absolute Gasteiger partial charge is 0.339 e. The lowest BCUT2D eigenvalue weighted by Crippen LogP contribution is -2.23. The minimum Gasteiger partial charge on any atom is -0.478 e. The molecule has 0 aromatic carbocycles.